The first kappa shape index (κ1) is 17.8. The van der Waals surface area contributed by atoms with Crippen LogP contribution in [0, 0.1) is 5.92 Å². The number of halogens is 1. The smallest absolute Gasteiger partial charge is 0.255 e. The average Bonchev–Trinajstić information content (AvgIpc) is 2.89. The molecule has 2 aliphatic rings. The monoisotopic (exact) mass is 342 g/mol. The number of carbonyl (C=O) groups is 1. The highest BCUT2D eigenvalue weighted by Crippen LogP contribution is 2.34. The number of rotatable bonds is 2. The van der Waals surface area contributed by atoms with Gasteiger partial charge in [0.1, 0.15) is 0 Å². The Labute approximate surface area is 143 Å². The van der Waals surface area contributed by atoms with Crippen molar-refractivity contribution in [2.45, 2.75) is 64.5 Å². The minimum Gasteiger partial charge on any atom is -0.334 e. The van der Waals surface area contributed by atoms with Crippen LogP contribution in [0.15, 0.2) is 5.38 Å². The molecule has 1 saturated heterocycles. The fraction of sp³-hybridized carbons (Fsp3) is 0.706. The van der Waals surface area contributed by atoms with Crippen LogP contribution in [0.4, 0.5) is 0 Å². The molecule has 5 heteroatoms. The van der Waals surface area contributed by atoms with Crippen molar-refractivity contribution in [3.8, 4) is 0 Å². The molecule has 0 radical (unpaired) electrons. The molecule has 2 N–H and O–H groups in total. The van der Waals surface area contributed by atoms with Gasteiger partial charge in [0.05, 0.1) is 5.56 Å². The maximum Gasteiger partial charge on any atom is 0.255 e. The number of carbonyl (C=O) groups excluding carboxylic acids is 1. The van der Waals surface area contributed by atoms with Gasteiger partial charge in [-0.2, -0.15) is 0 Å². The molecule has 3 nitrogen and oxygen atoms in total. The van der Waals surface area contributed by atoms with Gasteiger partial charge in [0, 0.05) is 28.9 Å². The molecule has 0 aromatic carbocycles. The minimum absolute atomic E-state index is 0. The Kier molecular flexibility index (Phi) is 5.92. The van der Waals surface area contributed by atoms with Gasteiger partial charge in [-0.3, -0.25) is 4.79 Å². The molecule has 0 saturated carbocycles. The van der Waals surface area contributed by atoms with E-state index in [0.717, 1.165) is 43.7 Å². The van der Waals surface area contributed by atoms with Crippen molar-refractivity contribution in [3.63, 3.8) is 0 Å². The van der Waals surface area contributed by atoms with E-state index in [2.05, 4.69) is 17.2 Å². The molecule has 0 bridgehead atoms. The summed E-state index contributed by atoms with van der Waals surface area (Å²) < 4.78 is 0. The van der Waals surface area contributed by atoms with Gasteiger partial charge < -0.3 is 10.6 Å². The van der Waals surface area contributed by atoms with Gasteiger partial charge >= 0.3 is 0 Å². The summed E-state index contributed by atoms with van der Waals surface area (Å²) in [5.74, 6) is 0.981. The first-order chi connectivity index (χ1) is 10.1. The highest BCUT2D eigenvalue weighted by molar-refractivity contribution is 7.10. The second-order valence-corrected chi connectivity index (χ2v) is 7.78. The van der Waals surface area contributed by atoms with Crippen molar-refractivity contribution in [3.05, 3.63) is 21.4 Å². The second kappa shape index (κ2) is 7.33. The quantitative estimate of drug-likeness (QED) is 0.891. The number of nitrogens with zero attached hydrogens (tertiary/aromatic N) is 1. The van der Waals surface area contributed by atoms with Crippen LogP contribution in [0.25, 0.3) is 0 Å². The van der Waals surface area contributed by atoms with E-state index in [1.54, 1.807) is 11.3 Å². The van der Waals surface area contributed by atoms with Gasteiger partial charge in [0.25, 0.3) is 5.91 Å². The summed E-state index contributed by atoms with van der Waals surface area (Å²) in [6, 6.07) is 0.271. The van der Waals surface area contributed by atoms with Crippen molar-refractivity contribution < 1.29 is 4.79 Å². The van der Waals surface area contributed by atoms with E-state index in [0.29, 0.717) is 0 Å². The fourth-order valence-electron chi connectivity index (χ4n) is 3.77. The number of nitrogens with two attached hydrogens (primary N) is 1. The first-order valence-electron chi connectivity index (χ1n) is 8.23. The Morgan fingerprint density at radius 1 is 1.41 bits per heavy atom. The van der Waals surface area contributed by atoms with Crippen LogP contribution in [-0.2, 0) is 12.8 Å². The highest BCUT2D eigenvalue weighted by Gasteiger charge is 2.32. The van der Waals surface area contributed by atoms with E-state index in [9.17, 15) is 4.79 Å². The molecular formula is C17H27ClN2OS. The maximum atomic E-state index is 13.0. The molecule has 3 rings (SSSR count). The molecule has 2 heterocycles. The molecule has 1 fully saturated rings. The fourth-order valence-corrected chi connectivity index (χ4v) is 5.01. The molecular weight excluding hydrogens is 316 g/mol. The zero-order chi connectivity index (χ0) is 15.0. The Morgan fingerprint density at radius 2 is 2.18 bits per heavy atom. The number of piperidine rings is 1. The zero-order valence-corrected chi connectivity index (χ0v) is 15.1. The molecule has 3 unspecified atom stereocenters. The topological polar surface area (TPSA) is 46.3 Å². The van der Waals surface area contributed by atoms with E-state index < -0.39 is 0 Å². The summed E-state index contributed by atoms with van der Waals surface area (Å²) in [6.07, 6.45) is 6.77. The van der Waals surface area contributed by atoms with Gasteiger partial charge in [0.15, 0.2) is 0 Å². The maximum absolute atomic E-state index is 13.0. The lowest BCUT2D eigenvalue weighted by Crippen LogP contribution is -2.51. The molecule has 3 atom stereocenters. The van der Waals surface area contributed by atoms with E-state index in [4.69, 9.17) is 5.73 Å². The largest absolute Gasteiger partial charge is 0.334 e. The lowest BCUT2D eigenvalue weighted by molar-refractivity contribution is 0.0583. The Balaban J connectivity index is 0.00000176. The SMILES string of the molecule is CC1CCc2c(C(=O)N3CCCCC3C(C)N)csc2C1.Cl. The minimum atomic E-state index is 0. The van der Waals surface area contributed by atoms with Crippen LogP contribution in [0.1, 0.15) is 60.3 Å². The summed E-state index contributed by atoms with van der Waals surface area (Å²) in [6.45, 7) is 5.20. The van der Waals surface area contributed by atoms with Crippen molar-refractivity contribution in [2.24, 2.45) is 11.7 Å². The third-order valence-corrected chi connectivity index (χ3v) is 6.10. The molecule has 1 aromatic rings. The number of thiophene rings is 1. The van der Waals surface area contributed by atoms with Crippen molar-refractivity contribution in [2.75, 3.05) is 6.54 Å². The van der Waals surface area contributed by atoms with Gasteiger partial charge in [-0.15, -0.1) is 23.7 Å². The van der Waals surface area contributed by atoms with Crippen LogP contribution in [0.5, 0.6) is 0 Å². The molecule has 0 spiro atoms. The summed E-state index contributed by atoms with van der Waals surface area (Å²) in [5, 5.41) is 2.10. The zero-order valence-electron chi connectivity index (χ0n) is 13.5. The lowest BCUT2D eigenvalue weighted by atomic mass is 9.88. The molecule has 1 aliphatic heterocycles. The summed E-state index contributed by atoms with van der Waals surface area (Å²) in [5.41, 5.74) is 8.41. The summed E-state index contributed by atoms with van der Waals surface area (Å²) >= 11 is 1.78. The predicted octanol–water partition coefficient (Wildman–Crippen LogP) is 3.64. The van der Waals surface area contributed by atoms with E-state index >= 15 is 0 Å². The molecule has 1 aliphatic carbocycles. The van der Waals surface area contributed by atoms with Gasteiger partial charge in [0.2, 0.25) is 0 Å². The van der Waals surface area contributed by atoms with Gasteiger partial charge in [-0.1, -0.05) is 6.92 Å². The Hall–Kier alpha value is -0.580. The molecule has 124 valence electrons. The normalized spacial score (nSPS) is 26.0. The van der Waals surface area contributed by atoms with Crippen LogP contribution >= 0.6 is 23.7 Å². The van der Waals surface area contributed by atoms with Crippen molar-refractivity contribution in [1.82, 2.24) is 4.90 Å². The average molecular weight is 343 g/mol. The third kappa shape index (κ3) is 3.34. The summed E-state index contributed by atoms with van der Waals surface area (Å²) in [7, 11) is 0. The van der Waals surface area contributed by atoms with Crippen LogP contribution in [-0.4, -0.2) is 29.4 Å². The lowest BCUT2D eigenvalue weighted by Gasteiger charge is -2.38. The Bertz CT molecular complexity index is 529. The number of hydrogen-bond acceptors (Lipinski definition) is 3. The van der Waals surface area contributed by atoms with E-state index in [1.807, 2.05) is 6.92 Å². The van der Waals surface area contributed by atoms with E-state index in [-0.39, 0.29) is 30.4 Å². The number of amides is 1. The van der Waals surface area contributed by atoms with Gasteiger partial charge in [-0.25, -0.2) is 0 Å². The third-order valence-electron chi connectivity index (χ3n) is 5.05. The van der Waals surface area contributed by atoms with Crippen LogP contribution in [0.2, 0.25) is 0 Å². The number of fused-ring (bicyclic) bond motifs is 1. The van der Waals surface area contributed by atoms with Crippen LogP contribution in [0.3, 0.4) is 0 Å². The van der Waals surface area contributed by atoms with Crippen molar-refractivity contribution >= 4 is 29.7 Å². The first-order valence-corrected chi connectivity index (χ1v) is 9.11. The van der Waals surface area contributed by atoms with Crippen LogP contribution < -0.4 is 5.73 Å². The number of likely N-dealkylation sites (tertiary alicyclic amines) is 1. The van der Waals surface area contributed by atoms with Gasteiger partial charge in [-0.05, 0) is 56.9 Å². The van der Waals surface area contributed by atoms with Crippen molar-refractivity contribution in [1.29, 1.82) is 0 Å². The standard InChI is InChI=1S/C17H26N2OS.ClH/c1-11-6-7-13-14(10-21-16(13)9-11)17(20)19-8-4-3-5-15(19)12(2)18;/h10-12,15H,3-9,18H2,1-2H3;1H. The molecule has 22 heavy (non-hydrogen) atoms. The second-order valence-electron chi connectivity index (χ2n) is 6.82. The van der Waals surface area contributed by atoms with E-state index in [1.165, 1.54) is 23.3 Å². The number of hydrogen-bond donors (Lipinski definition) is 1. The highest BCUT2D eigenvalue weighted by atomic mass is 35.5. The molecule has 1 amide bonds. The summed E-state index contributed by atoms with van der Waals surface area (Å²) in [4.78, 5) is 16.5. The predicted molar refractivity (Wildman–Crippen MR) is 95.1 cm³/mol. The molecule has 1 aromatic heterocycles. The Morgan fingerprint density at radius 3 is 2.91 bits per heavy atom.